The Morgan fingerprint density at radius 1 is 1.13 bits per heavy atom. The Morgan fingerprint density at radius 3 is 2.65 bits per heavy atom. The molecule has 1 heterocycles. The van der Waals surface area contributed by atoms with Crippen molar-refractivity contribution in [3.63, 3.8) is 0 Å². The van der Waals surface area contributed by atoms with E-state index >= 15 is 0 Å². The van der Waals surface area contributed by atoms with E-state index in [1.165, 1.54) is 30.4 Å². The second kappa shape index (κ2) is 12.2. The maximum atomic E-state index is 13.2. The molecule has 1 N–H and O–H groups in total. The number of nitrogens with one attached hydrogen (secondary N) is 1. The molecule has 2 aromatic rings. The number of carbonyl (C=O) groups is 2. The summed E-state index contributed by atoms with van der Waals surface area (Å²) in [4.78, 5) is 28.9. The Kier molecular flexibility index (Phi) is 9.37. The van der Waals surface area contributed by atoms with Crippen molar-refractivity contribution >= 4 is 58.7 Å². The van der Waals surface area contributed by atoms with Gasteiger partial charge in [-0.1, -0.05) is 61.0 Å². The average Bonchev–Trinajstić information content (AvgIpc) is 2.77. The van der Waals surface area contributed by atoms with E-state index in [1.807, 2.05) is 54.2 Å². The minimum atomic E-state index is -0.163. The molecule has 1 aliphatic heterocycles. The molecule has 0 bridgehead atoms. The van der Waals surface area contributed by atoms with Crippen LogP contribution >= 0.6 is 35.1 Å². The molecule has 0 saturated heterocycles. The second-order valence-corrected chi connectivity index (χ2v) is 9.94. The lowest BCUT2D eigenvalue weighted by Gasteiger charge is -2.29. The van der Waals surface area contributed by atoms with Crippen LogP contribution in [0.15, 0.2) is 58.3 Å². The molecule has 31 heavy (non-hydrogen) atoms. The monoisotopic (exact) mass is 474 g/mol. The lowest BCUT2D eigenvalue weighted by molar-refractivity contribution is -0.122. The standard InChI is InChI=1S/C24H27ClN2O2S2/c1-2-3-14-30-15-6-13-26-23(28)17-27-20-7-4-5-8-21(20)31-22(24(27)29)16-18-9-11-19(25)12-10-18/h4-5,7-12,16H,2-3,6,13-15,17H2,1H3,(H,26,28)/b22-16-. The van der Waals surface area contributed by atoms with Gasteiger partial charge in [-0.3, -0.25) is 14.5 Å². The number of nitrogens with zero attached hydrogens (tertiary/aromatic N) is 1. The normalized spacial score (nSPS) is 14.6. The van der Waals surface area contributed by atoms with Gasteiger partial charge in [0.15, 0.2) is 0 Å². The Morgan fingerprint density at radius 2 is 1.87 bits per heavy atom. The van der Waals surface area contributed by atoms with Crippen molar-refractivity contribution in [1.82, 2.24) is 5.32 Å². The van der Waals surface area contributed by atoms with Crippen LogP contribution in [0.4, 0.5) is 5.69 Å². The third kappa shape index (κ3) is 7.06. The topological polar surface area (TPSA) is 49.4 Å². The SMILES string of the molecule is CCCCSCCCNC(=O)CN1C(=O)/C(=C/c2ccc(Cl)cc2)Sc2ccccc21. The van der Waals surface area contributed by atoms with E-state index in [0.29, 0.717) is 16.5 Å². The van der Waals surface area contributed by atoms with Gasteiger partial charge >= 0.3 is 0 Å². The molecule has 3 rings (SSSR count). The molecule has 0 radical (unpaired) electrons. The minimum absolute atomic E-state index is 0.0113. The first kappa shape index (κ1) is 23.8. The molecule has 1 aliphatic rings. The number of carbonyl (C=O) groups excluding carboxylic acids is 2. The molecule has 0 atom stereocenters. The Balaban J connectivity index is 1.65. The molecule has 2 amide bonds. The summed E-state index contributed by atoms with van der Waals surface area (Å²) in [6.07, 6.45) is 5.22. The number of unbranched alkanes of at least 4 members (excludes halogenated alkanes) is 1. The molecule has 164 valence electrons. The molecular weight excluding hydrogens is 448 g/mol. The van der Waals surface area contributed by atoms with E-state index in [4.69, 9.17) is 11.6 Å². The molecule has 0 spiro atoms. The summed E-state index contributed by atoms with van der Waals surface area (Å²) < 4.78 is 0. The van der Waals surface area contributed by atoms with Crippen molar-refractivity contribution in [1.29, 1.82) is 0 Å². The molecule has 4 nitrogen and oxygen atoms in total. The van der Waals surface area contributed by atoms with Gasteiger partial charge in [0.2, 0.25) is 5.91 Å². The van der Waals surface area contributed by atoms with Gasteiger partial charge in [-0.15, -0.1) is 0 Å². The van der Waals surface area contributed by atoms with Crippen LogP contribution in [0.5, 0.6) is 0 Å². The maximum absolute atomic E-state index is 13.2. The molecule has 2 aromatic carbocycles. The van der Waals surface area contributed by atoms with Crippen LogP contribution in [0.2, 0.25) is 5.02 Å². The van der Waals surface area contributed by atoms with Gasteiger partial charge in [0.05, 0.1) is 10.6 Å². The van der Waals surface area contributed by atoms with Crippen LogP contribution in [0, 0.1) is 0 Å². The van der Waals surface area contributed by atoms with Crippen LogP contribution in [0.3, 0.4) is 0 Å². The third-order valence-corrected chi connectivity index (χ3v) is 7.22. The molecule has 0 aromatic heterocycles. The van der Waals surface area contributed by atoms with E-state index in [1.54, 1.807) is 17.0 Å². The molecule has 7 heteroatoms. The highest BCUT2D eigenvalue weighted by Crippen LogP contribution is 2.41. The first-order chi connectivity index (χ1) is 15.1. The van der Waals surface area contributed by atoms with E-state index < -0.39 is 0 Å². The quantitative estimate of drug-likeness (QED) is 0.346. The zero-order valence-corrected chi connectivity index (χ0v) is 20.0. The lowest BCUT2D eigenvalue weighted by Crippen LogP contribution is -2.43. The van der Waals surface area contributed by atoms with E-state index in [0.717, 1.165) is 28.3 Å². The Labute approximate surface area is 197 Å². The van der Waals surface area contributed by atoms with Gasteiger partial charge in [0.1, 0.15) is 6.54 Å². The molecular formula is C24H27ClN2O2S2. The van der Waals surface area contributed by atoms with Crippen LogP contribution in [-0.4, -0.2) is 36.4 Å². The minimum Gasteiger partial charge on any atom is -0.355 e. The number of halogens is 1. The highest BCUT2D eigenvalue weighted by molar-refractivity contribution is 8.04. The number of hydrogen-bond donors (Lipinski definition) is 1. The summed E-state index contributed by atoms with van der Waals surface area (Å²) in [5.74, 6) is 1.91. The number of fused-ring (bicyclic) bond motifs is 1. The first-order valence-electron chi connectivity index (χ1n) is 10.5. The molecule has 0 saturated carbocycles. The number of amides is 2. The molecule has 0 aliphatic carbocycles. The average molecular weight is 475 g/mol. The molecule has 0 unspecified atom stereocenters. The van der Waals surface area contributed by atoms with Crippen LogP contribution in [0.25, 0.3) is 6.08 Å². The van der Waals surface area contributed by atoms with Crippen molar-refractivity contribution in [2.24, 2.45) is 0 Å². The summed E-state index contributed by atoms with van der Waals surface area (Å²) >= 11 is 9.32. The summed E-state index contributed by atoms with van der Waals surface area (Å²) in [7, 11) is 0. The summed E-state index contributed by atoms with van der Waals surface area (Å²) in [5.41, 5.74) is 1.67. The predicted octanol–water partition coefficient (Wildman–Crippen LogP) is 5.86. The third-order valence-electron chi connectivity index (χ3n) is 4.73. The van der Waals surface area contributed by atoms with Gasteiger partial charge in [0.25, 0.3) is 5.91 Å². The van der Waals surface area contributed by atoms with Gasteiger partial charge < -0.3 is 5.32 Å². The van der Waals surface area contributed by atoms with Gasteiger partial charge in [-0.25, -0.2) is 0 Å². The van der Waals surface area contributed by atoms with E-state index in [9.17, 15) is 9.59 Å². The van der Waals surface area contributed by atoms with Crippen LogP contribution in [0.1, 0.15) is 31.7 Å². The van der Waals surface area contributed by atoms with Crippen molar-refractivity contribution < 1.29 is 9.59 Å². The fourth-order valence-electron chi connectivity index (χ4n) is 3.08. The zero-order valence-electron chi connectivity index (χ0n) is 17.6. The lowest BCUT2D eigenvalue weighted by atomic mass is 10.2. The number of rotatable bonds is 10. The van der Waals surface area contributed by atoms with E-state index in [-0.39, 0.29) is 18.4 Å². The predicted molar refractivity (Wildman–Crippen MR) is 134 cm³/mol. The van der Waals surface area contributed by atoms with Gasteiger partial charge in [-0.2, -0.15) is 11.8 Å². The smallest absolute Gasteiger partial charge is 0.265 e. The number of anilines is 1. The van der Waals surface area contributed by atoms with Crippen LogP contribution < -0.4 is 10.2 Å². The highest BCUT2D eigenvalue weighted by Gasteiger charge is 2.30. The van der Waals surface area contributed by atoms with Gasteiger partial charge in [0, 0.05) is 16.5 Å². The largest absolute Gasteiger partial charge is 0.355 e. The first-order valence-corrected chi connectivity index (χ1v) is 12.8. The number of hydrogen-bond acceptors (Lipinski definition) is 4. The maximum Gasteiger partial charge on any atom is 0.265 e. The van der Waals surface area contributed by atoms with Crippen molar-refractivity contribution in [3.8, 4) is 0 Å². The number of para-hydroxylation sites is 1. The summed E-state index contributed by atoms with van der Waals surface area (Å²) in [6.45, 7) is 2.83. The molecule has 0 fully saturated rings. The Bertz CT molecular complexity index is 931. The zero-order chi connectivity index (χ0) is 22.1. The van der Waals surface area contributed by atoms with Crippen molar-refractivity contribution in [2.75, 3.05) is 29.5 Å². The van der Waals surface area contributed by atoms with Gasteiger partial charge in [-0.05, 0) is 60.3 Å². The second-order valence-electron chi connectivity index (χ2n) is 7.19. The van der Waals surface area contributed by atoms with Crippen molar-refractivity contribution in [2.45, 2.75) is 31.1 Å². The summed E-state index contributed by atoms with van der Waals surface area (Å²) in [6, 6.07) is 15.0. The van der Waals surface area contributed by atoms with E-state index in [2.05, 4.69) is 12.2 Å². The summed E-state index contributed by atoms with van der Waals surface area (Å²) in [5, 5.41) is 3.61. The fourth-order valence-corrected chi connectivity index (χ4v) is 5.31. The van der Waals surface area contributed by atoms with Crippen molar-refractivity contribution in [3.05, 3.63) is 64.0 Å². The highest BCUT2D eigenvalue weighted by atomic mass is 35.5. The Hall–Kier alpha value is -1.89. The van der Waals surface area contributed by atoms with Crippen LogP contribution in [-0.2, 0) is 9.59 Å². The fraction of sp³-hybridized carbons (Fsp3) is 0.333. The number of benzene rings is 2. The number of thioether (sulfide) groups is 2.